The quantitative estimate of drug-likeness (QED) is 0.0129. The molecule has 0 rings (SSSR count). The number of carbonyl (C=O) groups excluding carboxylic acids is 2. The van der Waals surface area contributed by atoms with Gasteiger partial charge in [0.1, 0.15) is 12.6 Å². The van der Waals surface area contributed by atoms with Crippen LogP contribution < -0.4 is 5.73 Å². The number of rotatable bonds is 38. The van der Waals surface area contributed by atoms with Gasteiger partial charge in [0.15, 0.2) is 6.10 Å². The van der Waals surface area contributed by atoms with Gasteiger partial charge in [-0.25, -0.2) is 4.57 Å². The van der Waals surface area contributed by atoms with Crippen LogP contribution in [0.4, 0.5) is 0 Å². The van der Waals surface area contributed by atoms with Crippen LogP contribution in [-0.4, -0.2) is 82.3 Å². The maximum absolute atomic E-state index is 12.6. The Kier molecular flexibility index (Phi) is 37.0. The van der Waals surface area contributed by atoms with Crippen molar-refractivity contribution in [2.24, 2.45) is 5.73 Å². The molecular weight excluding hydrogens is 789 g/mol. The van der Waals surface area contributed by atoms with Crippen molar-refractivity contribution in [3.05, 3.63) is 97.2 Å². The van der Waals surface area contributed by atoms with Crippen LogP contribution in [-0.2, 0) is 37.5 Å². The summed E-state index contributed by atoms with van der Waals surface area (Å²) in [5.41, 5.74) is 5.32. The third-order valence-corrected chi connectivity index (χ3v) is 9.47. The number of hydrogen-bond donors (Lipinski definition) is 5. The molecule has 0 saturated heterocycles. The second-order valence-electron chi connectivity index (χ2n) is 14.1. The number of esters is 2. The molecule has 5 atom stereocenters. The molecule has 13 nitrogen and oxygen atoms in total. The number of phosphoric ester groups is 1. The monoisotopic (exact) mass is 863 g/mol. The second-order valence-corrected chi connectivity index (χ2v) is 15.6. The molecule has 0 aliphatic rings. The van der Waals surface area contributed by atoms with E-state index in [2.05, 4.69) is 67.0 Å². The summed E-state index contributed by atoms with van der Waals surface area (Å²) in [6, 6.07) is -1.56. The molecule has 0 aliphatic carbocycles. The van der Waals surface area contributed by atoms with Crippen LogP contribution in [0.3, 0.4) is 0 Å². The van der Waals surface area contributed by atoms with Gasteiger partial charge in [-0.2, -0.15) is 0 Å². The van der Waals surface area contributed by atoms with Crippen LogP contribution in [0.2, 0.25) is 0 Å². The molecule has 0 spiro atoms. The van der Waals surface area contributed by atoms with Gasteiger partial charge >= 0.3 is 25.7 Å². The zero-order chi connectivity index (χ0) is 44.5. The van der Waals surface area contributed by atoms with Crippen LogP contribution in [0.15, 0.2) is 97.2 Å². The summed E-state index contributed by atoms with van der Waals surface area (Å²) in [6.45, 7) is 2.31. The van der Waals surface area contributed by atoms with Crippen LogP contribution >= 0.6 is 7.82 Å². The molecule has 0 radical (unpaired) electrons. The average molecular weight is 864 g/mol. The lowest BCUT2D eigenvalue weighted by molar-refractivity contribution is -0.161. The van der Waals surface area contributed by atoms with E-state index in [1.165, 1.54) is 0 Å². The number of aliphatic hydroxyl groups is 2. The van der Waals surface area contributed by atoms with E-state index in [9.17, 15) is 34.1 Å². The summed E-state index contributed by atoms with van der Waals surface area (Å²) in [5, 5.41) is 29.0. The van der Waals surface area contributed by atoms with Crippen molar-refractivity contribution < 1.29 is 57.7 Å². The van der Waals surface area contributed by atoms with E-state index in [-0.39, 0.29) is 12.8 Å². The molecule has 1 unspecified atom stereocenters. The molecule has 0 aromatic heterocycles. The Bertz CT molecular complexity index is 1420. The predicted molar refractivity (Wildman–Crippen MR) is 238 cm³/mol. The molecule has 0 aromatic carbocycles. The minimum absolute atomic E-state index is 0.0382. The first-order valence-corrected chi connectivity index (χ1v) is 23.0. The molecule has 14 heteroatoms. The molecular formula is C46H74NO12P. The van der Waals surface area contributed by atoms with Gasteiger partial charge in [-0.15, -0.1) is 0 Å². The van der Waals surface area contributed by atoms with Crippen molar-refractivity contribution in [2.75, 3.05) is 19.8 Å². The molecule has 0 aliphatic heterocycles. The standard InChI is InChI=1S/C46H74NO12P/c1-3-5-7-8-9-10-11-12-13-14-15-16-17-18-22-25-29-35-45(51)59-42(38-57-60(54,55)58-39-43(47)46(52)53)37-56-44(50)36-30-34-41(49)33-28-24-21-19-20-23-27-32-40(48)31-26-6-4-2/h5,7,9-10,12-13,15-16,20-21,23-24,27-28,32-33,40-43,48-49H,3-4,6,8,11,14,17-19,22,25-26,29-31,34-39,47H2,1-2H3,(H,52,53)(H,54,55)/b7-5-,10-9-,13-12-,16-15-,23-20-,24-21-,32-27+,33-28+/t40-,41-,42+,43-/m0/s1. The Hall–Kier alpha value is -3.68. The SMILES string of the molecule is CC/C=C\C/C=C\C/C=C\C/C=C\CCCCCCC(=O)O[C@H](COC(=O)CCC[C@@H](O)/C=C/C=C\C/C=C\C=C\[C@@H](O)CCCCC)COP(=O)(O)OC[C@H](N)C(=O)O. The van der Waals surface area contributed by atoms with Crippen molar-refractivity contribution in [1.29, 1.82) is 0 Å². The lowest BCUT2D eigenvalue weighted by Gasteiger charge is -2.20. The Balaban J connectivity index is 4.67. The first kappa shape index (κ1) is 56.3. The maximum Gasteiger partial charge on any atom is 0.472 e. The lowest BCUT2D eigenvalue weighted by atomic mass is 10.1. The number of nitrogens with two attached hydrogens (primary N) is 1. The van der Waals surface area contributed by atoms with Crippen molar-refractivity contribution in [3.63, 3.8) is 0 Å². The Morgan fingerprint density at radius 1 is 0.617 bits per heavy atom. The molecule has 0 amide bonds. The van der Waals surface area contributed by atoms with Crippen molar-refractivity contribution in [2.45, 2.75) is 154 Å². The molecule has 6 N–H and O–H groups in total. The van der Waals surface area contributed by atoms with E-state index in [1.54, 1.807) is 24.3 Å². The number of aliphatic hydroxyl groups excluding tert-OH is 2. The Morgan fingerprint density at radius 2 is 1.15 bits per heavy atom. The number of hydrogen-bond acceptors (Lipinski definition) is 11. The third-order valence-electron chi connectivity index (χ3n) is 8.52. The van der Waals surface area contributed by atoms with E-state index < -0.39 is 69.9 Å². The summed E-state index contributed by atoms with van der Waals surface area (Å²) < 4.78 is 32.5. The number of allylic oxidation sites excluding steroid dienone is 14. The minimum atomic E-state index is -4.79. The van der Waals surface area contributed by atoms with E-state index in [0.717, 1.165) is 77.0 Å². The van der Waals surface area contributed by atoms with E-state index >= 15 is 0 Å². The summed E-state index contributed by atoms with van der Waals surface area (Å²) in [7, 11) is -4.79. The van der Waals surface area contributed by atoms with E-state index in [4.69, 9.17) is 24.8 Å². The van der Waals surface area contributed by atoms with Gasteiger partial charge in [0.2, 0.25) is 0 Å². The predicted octanol–water partition coefficient (Wildman–Crippen LogP) is 9.22. The average Bonchev–Trinajstić information content (AvgIpc) is 3.21. The van der Waals surface area contributed by atoms with Gasteiger partial charge < -0.3 is 35.4 Å². The smallest absolute Gasteiger partial charge is 0.472 e. The number of phosphoric acid groups is 1. The van der Waals surface area contributed by atoms with Crippen LogP contribution in [0.1, 0.15) is 129 Å². The highest BCUT2D eigenvalue weighted by Crippen LogP contribution is 2.43. The number of ether oxygens (including phenoxy) is 2. The van der Waals surface area contributed by atoms with Gasteiger partial charge in [-0.3, -0.25) is 23.4 Å². The van der Waals surface area contributed by atoms with Gasteiger partial charge in [0.05, 0.1) is 25.4 Å². The topological polar surface area (TPSA) is 212 Å². The van der Waals surface area contributed by atoms with Gasteiger partial charge in [-0.1, -0.05) is 143 Å². The molecule has 340 valence electrons. The largest absolute Gasteiger partial charge is 0.480 e. The Morgan fingerprint density at radius 3 is 1.75 bits per heavy atom. The molecule has 0 bridgehead atoms. The van der Waals surface area contributed by atoms with E-state index in [0.29, 0.717) is 25.7 Å². The van der Waals surface area contributed by atoms with Crippen molar-refractivity contribution in [3.8, 4) is 0 Å². The zero-order valence-electron chi connectivity index (χ0n) is 36.0. The number of carbonyl (C=O) groups is 3. The fraction of sp³-hybridized carbons (Fsp3) is 0.587. The first-order valence-electron chi connectivity index (χ1n) is 21.5. The highest BCUT2D eigenvalue weighted by Gasteiger charge is 2.28. The van der Waals surface area contributed by atoms with E-state index in [1.807, 2.05) is 24.3 Å². The third kappa shape index (κ3) is 38.5. The number of carboxylic acid groups (broad SMARTS) is 1. The van der Waals surface area contributed by atoms with Gasteiger partial charge in [0, 0.05) is 12.8 Å². The molecule has 0 aromatic rings. The zero-order valence-corrected chi connectivity index (χ0v) is 36.9. The highest BCUT2D eigenvalue weighted by molar-refractivity contribution is 7.47. The summed E-state index contributed by atoms with van der Waals surface area (Å²) in [5.74, 6) is -2.68. The van der Waals surface area contributed by atoms with Crippen LogP contribution in [0.25, 0.3) is 0 Å². The van der Waals surface area contributed by atoms with Crippen LogP contribution in [0, 0.1) is 0 Å². The number of carboxylic acids is 1. The normalized spacial score (nSPS) is 15.7. The van der Waals surface area contributed by atoms with Gasteiger partial charge in [0.25, 0.3) is 0 Å². The first-order chi connectivity index (χ1) is 28.9. The van der Waals surface area contributed by atoms with Crippen LogP contribution in [0.5, 0.6) is 0 Å². The lowest BCUT2D eigenvalue weighted by Crippen LogP contribution is -2.34. The number of unbranched alkanes of at least 4 members (excludes halogenated alkanes) is 6. The summed E-state index contributed by atoms with van der Waals surface area (Å²) in [6.07, 6.45) is 42.6. The molecule has 0 fully saturated rings. The van der Waals surface area contributed by atoms with Crippen molar-refractivity contribution >= 4 is 25.7 Å². The van der Waals surface area contributed by atoms with Crippen molar-refractivity contribution in [1.82, 2.24) is 0 Å². The van der Waals surface area contributed by atoms with Gasteiger partial charge in [-0.05, 0) is 70.6 Å². The second kappa shape index (κ2) is 39.5. The molecule has 60 heavy (non-hydrogen) atoms. The summed E-state index contributed by atoms with van der Waals surface area (Å²) in [4.78, 5) is 46.0. The fourth-order valence-electron chi connectivity index (χ4n) is 5.09. The molecule has 0 saturated carbocycles. The summed E-state index contributed by atoms with van der Waals surface area (Å²) >= 11 is 0. The maximum atomic E-state index is 12.6. The number of aliphatic carboxylic acids is 1. The minimum Gasteiger partial charge on any atom is -0.480 e. The fourth-order valence-corrected chi connectivity index (χ4v) is 5.87. The molecule has 0 heterocycles. The highest BCUT2D eigenvalue weighted by atomic mass is 31.2. The Labute approximate surface area is 359 Å².